The normalized spacial score (nSPS) is 15.5. The van der Waals surface area contributed by atoms with E-state index in [0.29, 0.717) is 25.8 Å². The molecule has 184 valence electrons. The smallest absolute Gasteiger partial charge is 0.326 e. The number of carbonyl (C=O) groups excluding carboxylic acids is 3. The van der Waals surface area contributed by atoms with Gasteiger partial charge >= 0.3 is 11.9 Å². The van der Waals surface area contributed by atoms with Crippen LogP contribution in [0.5, 0.6) is 0 Å². The van der Waals surface area contributed by atoms with Gasteiger partial charge in [0.15, 0.2) is 0 Å². The Bertz CT molecular complexity index is 660. The van der Waals surface area contributed by atoms with Crippen LogP contribution in [0.15, 0.2) is 0 Å². The fourth-order valence-electron chi connectivity index (χ4n) is 2.72. The van der Waals surface area contributed by atoms with E-state index in [1.165, 1.54) is 0 Å². The molecule has 0 aliphatic rings. The van der Waals surface area contributed by atoms with Crippen LogP contribution in [0.25, 0.3) is 0 Å². The van der Waals surface area contributed by atoms with Crippen molar-refractivity contribution in [3.05, 3.63) is 0 Å². The molecule has 0 bridgehead atoms. The maximum absolute atomic E-state index is 12.7. The molecule has 0 aliphatic heterocycles. The number of nitrogens with one attached hydrogen (secondary N) is 3. The van der Waals surface area contributed by atoms with Gasteiger partial charge in [0.25, 0.3) is 0 Å². The van der Waals surface area contributed by atoms with Gasteiger partial charge in [0.2, 0.25) is 17.7 Å². The molecule has 5 atom stereocenters. The molecule has 5 unspecified atom stereocenters. The van der Waals surface area contributed by atoms with Crippen molar-refractivity contribution in [3.63, 3.8) is 0 Å². The summed E-state index contributed by atoms with van der Waals surface area (Å²) < 4.78 is 0. The number of carboxylic acid groups (broad SMARTS) is 2. The second kappa shape index (κ2) is 15.1. The molecule has 0 heterocycles. The lowest BCUT2D eigenvalue weighted by Gasteiger charge is -2.26. The van der Waals surface area contributed by atoms with Crippen LogP contribution in [0.3, 0.4) is 0 Å². The van der Waals surface area contributed by atoms with Crippen LogP contribution < -0.4 is 27.4 Å². The number of aliphatic carboxylic acids is 2. The first-order valence-electron chi connectivity index (χ1n) is 10.4. The molecular weight excluding hydrogens is 426 g/mol. The zero-order chi connectivity index (χ0) is 24.8. The van der Waals surface area contributed by atoms with Crippen LogP contribution in [0, 0.1) is 5.92 Å². The van der Waals surface area contributed by atoms with Crippen molar-refractivity contribution in [1.82, 2.24) is 16.0 Å². The topological polar surface area (TPSA) is 234 Å². The molecule has 0 aromatic carbocycles. The molecule has 0 saturated heterocycles. The number of carbonyl (C=O) groups is 5. The predicted octanol–water partition coefficient (Wildman–Crippen LogP) is -2.51. The molecule has 0 spiro atoms. The summed E-state index contributed by atoms with van der Waals surface area (Å²) in [5, 5.41) is 34.4. The van der Waals surface area contributed by atoms with Crippen LogP contribution >= 0.6 is 0 Å². The molecule has 0 aromatic heterocycles. The average Bonchev–Trinajstić information content (AvgIpc) is 2.74. The third-order valence-corrected chi connectivity index (χ3v) is 4.90. The van der Waals surface area contributed by atoms with Crippen molar-refractivity contribution in [2.45, 2.75) is 70.1 Å². The molecule has 10 N–H and O–H groups in total. The van der Waals surface area contributed by atoms with Crippen LogP contribution in [0.2, 0.25) is 0 Å². The van der Waals surface area contributed by atoms with Crippen LogP contribution in [-0.4, -0.2) is 82.3 Å². The molecule has 13 nitrogen and oxygen atoms in total. The van der Waals surface area contributed by atoms with Gasteiger partial charge in [-0.15, -0.1) is 0 Å². The highest BCUT2D eigenvalue weighted by Gasteiger charge is 2.32. The molecule has 0 saturated carbocycles. The van der Waals surface area contributed by atoms with Crippen molar-refractivity contribution in [2.24, 2.45) is 17.4 Å². The minimum absolute atomic E-state index is 0.124. The quantitative estimate of drug-likeness (QED) is 0.112. The lowest BCUT2D eigenvalue weighted by Crippen LogP contribution is -2.58. The van der Waals surface area contributed by atoms with E-state index in [-0.39, 0.29) is 6.42 Å². The number of hydrogen-bond acceptors (Lipinski definition) is 8. The number of carboxylic acids is 2. The number of rotatable bonds is 16. The van der Waals surface area contributed by atoms with Gasteiger partial charge in [0.1, 0.15) is 24.2 Å². The largest absolute Gasteiger partial charge is 0.481 e. The number of hydrogen-bond donors (Lipinski definition) is 8. The summed E-state index contributed by atoms with van der Waals surface area (Å²) >= 11 is 0. The van der Waals surface area contributed by atoms with E-state index in [1.807, 2.05) is 0 Å². The minimum atomic E-state index is -1.58. The summed E-state index contributed by atoms with van der Waals surface area (Å²) in [6.45, 7) is 3.03. The highest BCUT2D eigenvalue weighted by Crippen LogP contribution is 2.09. The van der Waals surface area contributed by atoms with E-state index in [0.717, 1.165) is 0 Å². The first-order chi connectivity index (χ1) is 15.0. The van der Waals surface area contributed by atoms with Gasteiger partial charge in [0.05, 0.1) is 13.0 Å². The Kier molecular flexibility index (Phi) is 13.8. The van der Waals surface area contributed by atoms with Crippen LogP contribution in [0.4, 0.5) is 0 Å². The summed E-state index contributed by atoms with van der Waals surface area (Å²) in [5.41, 5.74) is 10.9. The van der Waals surface area contributed by atoms with Gasteiger partial charge in [0, 0.05) is 0 Å². The standard InChI is InChI=1S/C19H35N5O8/c1-3-10(2)15(19(31)32)24-18(30)13(8-14(26)27)23-17(29)12(6-4-5-7-20)22-16(28)11(21)9-25/h10-13,15,25H,3-9,20-21H2,1-2H3,(H,22,28)(H,23,29)(H,24,30)(H,26,27)(H,31,32). The maximum Gasteiger partial charge on any atom is 0.326 e. The van der Waals surface area contributed by atoms with Gasteiger partial charge in [-0.1, -0.05) is 20.3 Å². The van der Waals surface area contributed by atoms with Gasteiger partial charge in [-0.05, 0) is 31.7 Å². The third-order valence-electron chi connectivity index (χ3n) is 4.90. The number of aliphatic hydroxyl groups excluding tert-OH is 1. The van der Waals surface area contributed by atoms with Gasteiger partial charge in [-0.3, -0.25) is 19.2 Å². The predicted molar refractivity (Wildman–Crippen MR) is 113 cm³/mol. The Labute approximate surface area is 186 Å². The Morgan fingerprint density at radius 2 is 1.47 bits per heavy atom. The second-order valence-electron chi connectivity index (χ2n) is 7.50. The van der Waals surface area contributed by atoms with Crippen molar-refractivity contribution in [2.75, 3.05) is 13.2 Å². The Morgan fingerprint density at radius 1 is 0.906 bits per heavy atom. The lowest BCUT2D eigenvalue weighted by atomic mass is 9.98. The molecule has 0 rings (SSSR count). The Balaban J connectivity index is 5.51. The number of amides is 3. The maximum atomic E-state index is 12.7. The molecule has 0 aromatic rings. The minimum Gasteiger partial charge on any atom is -0.481 e. The Hall–Kier alpha value is -2.77. The van der Waals surface area contributed by atoms with Crippen LogP contribution in [-0.2, 0) is 24.0 Å². The first-order valence-corrected chi connectivity index (χ1v) is 10.4. The van der Waals surface area contributed by atoms with E-state index < -0.39 is 72.8 Å². The van der Waals surface area contributed by atoms with E-state index in [1.54, 1.807) is 13.8 Å². The monoisotopic (exact) mass is 461 g/mol. The van der Waals surface area contributed by atoms with Gasteiger partial charge in [-0.25, -0.2) is 4.79 Å². The molecule has 3 amide bonds. The highest BCUT2D eigenvalue weighted by molar-refractivity contribution is 5.95. The van der Waals surface area contributed by atoms with Crippen molar-refractivity contribution >= 4 is 29.7 Å². The van der Waals surface area contributed by atoms with E-state index in [4.69, 9.17) is 21.7 Å². The molecule has 32 heavy (non-hydrogen) atoms. The molecule has 0 radical (unpaired) electrons. The summed E-state index contributed by atoms with van der Waals surface area (Å²) in [7, 11) is 0. The van der Waals surface area contributed by atoms with Crippen molar-refractivity contribution in [1.29, 1.82) is 0 Å². The van der Waals surface area contributed by atoms with Gasteiger partial charge < -0.3 is 42.7 Å². The molecular formula is C19H35N5O8. The van der Waals surface area contributed by atoms with E-state index in [9.17, 15) is 29.1 Å². The Morgan fingerprint density at radius 3 is 1.94 bits per heavy atom. The third kappa shape index (κ3) is 10.5. The van der Waals surface area contributed by atoms with Crippen molar-refractivity contribution < 1.29 is 39.3 Å². The van der Waals surface area contributed by atoms with Crippen LogP contribution in [0.1, 0.15) is 46.0 Å². The SMILES string of the molecule is CCC(C)C(NC(=O)C(CC(=O)O)NC(=O)C(CCCCN)NC(=O)C(N)CO)C(=O)O. The summed E-state index contributed by atoms with van der Waals surface area (Å²) in [6, 6.07) is -5.29. The lowest BCUT2D eigenvalue weighted by molar-refractivity contribution is -0.144. The fourth-order valence-corrected chi connectivity index (χ4v) is 2.72. The first kappa shape index (κ1) is 29.2. The average molecular weight is 462 g/mol. The van der Waals surface area contributed by atoms with E-state index in [2.05, 4.69) is 16.0 Å². The van der Waals surface area contributed by atoms with Crippen molar-refractivity contribution in [3.8, 4) is 0 Å². The zero-order valence-electron chi connectivity index (χ0n) is 18.4. The molecule has 0 aliphatic carbocycles. The molecule has 13 heteroatoms. The number of nitrogens with two attached hydrogens (primary N) is 2. The molecule has 0 fully saturated rings. The summed E-state index contributed by atoms with van der Waals surface area (Å²) in [4.78, 5) is 60.0. The summed E-state index contributed by atoms with van der Waals surface area (Å²) in [5.74, 6) is -5.77. The highest BCUT2D eigenvalue weighted by atomic mass is 16.4. The number of unbranched alkanes of at least 4 members (excludes halogenated alkanes) is 1. The van der Waals surface area contributed by atoms with E-state index >= 15 is 0 Å². The second-order valence-corrected chi connectivity index (χ2v) is 7.50. The fraction of sp³-hybridized carbons (Fsp3) is 0.737. The van der Waals surface area contributed by atoms with Gasteiger partial charge in [-0.2, -0.15) is 0 Å². The summed E-state index contributed by atoms with van der Waals surface area (Å²) in [6.07, 6.45) is 0.741. The zero-order valence-corrected chi connectivity index (χ0v) is 18.4. The number of aliphatic hydroxyl groups is 1.